The van der Waals surface area contributed by atoms with Gasteiger partial charge in [0, 0.05) is 48.5 Å². The molecule has 124 heavy (non-hydrogen) atoms. The first-order valence-electron chi connectivity index (χ1n) is 42.6. The van der Waals surface area contributed by atoms with E-state index in [-0.39, 0.29) is 147 Å². The largest absolute Gasteiger partial charge is 0.508 e. The number of carbonyl (C=O) groups excluding carboxylic acids is 9. The zero-order chi connectivity index (χ0) is 91.3. The molecule has 40 heteroatoms. The van der Waals surface area contributed by atoms with Crippen LogP contribution in [-0.2, 0) is 86.7 Å². The lowest BCUT2D eigenvalue weighted by atomic mass is 9.77. The Bertz CT molecular complexity index is 3870. The van der Waals surface area contributed by atoms with E-state index in [0.29, 0.717) is 140 Å². The number of phenols is 2. The van der Waals surface area contributed by atoms with Crippen molar-refractivity contribution < 1.29 is 101 Å². The first kappa shape index (κ1) is 105. The van der Waals surface area contributed by atoms with Crippen LogP contribution in [0.1, 0.15) is 167 Å². The second-order valence-corrected chi connectivity index (χ2v) is 32.6. The first-order chi connectivity index (χ1) is 59.1. The average Bonchev–Trinajstić information content (AvgIpc) is 1.52. The van der Waals surface area contributed by atoms with Crippen LogP contribution in [0, 0.1) is 29.6 Å². The summed E-state index contributed by atoms with van der Waals surface area (Å²) in [6.07, 6.45) is 2.35. The lowest BCUT2D eigenvalue weighted by molar-refractivity contribution is -0.137. The Hall–Kier alpha value is -9.88. The number of hydrogen-bond acceptors (Lipinski definition) is 26. The quantitative estimate of drug-likeness (QED) is 0.00958. The summed E-state index contributed by atoms with van der Waals surface area (Å²) < 4.78 is 51.7. The summed E-state index contributed by atoms with van der Waals surface area (Å²) in [5.74, 6) is -7.05. The summed E-state index contributed by atoms with van der Waals surface area (Å²) in [6.45, 7) is 24.0. The van der Waals surface area contributed by atoms with Gasteiger partial charge in [0.15, 0.2) is 22.6 Å². The third kappa shape index (κ3) is 37.1. The molecule has 8 amide bonds. The number of hydrogen-bond donors (Lipinski definition) is 18. The number of primary amides is 1. The van der Waals surface area contributed by atoms with E-state index in [1.54, 1.807) is 44.2 Å². The molecular weight excluding hydrogens is 1630 g/mol. The standard InChI is InChI=1S/C84H136N18O21S/c1-50(2)44-64(75(108)95-63(20-15-27-92-82(89)90)74(107)101-71(54(9)10)79(112)96-62(17-11-12-25-85)73(106)94-61(72(86)105)19-14-26-91-81(87)88)97-76(109)65(45-51(3)4)98-77(110)66(46-52(5)6)99-78(111)67(47-53(7)8)102-121-43-42-120-41-40-119-39-38-118-37-36-117-35-34-116-33-32-115-31-30-114-29-28-93-83(124)100-60-18-13-16-59-70(60)80(113)123-84(59)57-23-21-55(103)48-68(57)122-69-49-56(104)22-24-58(69)84/h13,16,18,21-24,48-54,61-67,71,102-104H,11-12,14-15,17,19-20,25-47,85H2,1-10H3,(H2,86,105)(H,94,106)(H,95,108)(H,96,112)(H,97,109)(H,98,110)(H,99,111)(H,101,107)(H4,87,88,91)(H4,89,90,92)(H2,93,100,124)/t61-,62-,63-,64-,65-,66-,67-,71-/m0/s1. The van der Waals surface area contributed by atoms with Gasteiger partial charge in [-0.05, 0) is 149 Å². The summed E-state index contributed by atoms with van der Waals surface area (Å²) in [4.78, 5) is 140. The number of fused-ring (bicyclic) bond motifs is 6. The van der Waals surface area contributed by atoms with E-state index in [2.05, 4.69) is 63.3 Å². The van der Waals surface area contributed by atoms with Crippen molar-refractivity contribution in [1.29, 1.82) is 0 Å². The molecule has 0 saturated carbocycles. The molecule has 0 unspecified atom stereocenters. The molecule has 3 aromatic rings. The maximum atomic E-state index is 14.6. The lowest BCUT2D eigenvalue weighted by Gasteiger charge is -2.36. The van der Waals surface area contributed by atoms with Gasteiger partial charge < -0.3 is 135 Å². The van der Waals surface area contributed by atoms with E-state index in [1.807, 2.05) is 55.4 Å². The first-order valence-corrected chi connectivity index (χ1v) is 43.0. The van der Waals surface area contributed by atoms with Gasteiger partial charge in [-0.1, -0.05) is 81.4 Å². The van der Waals surface area contributed by atoms with Gasteiger partial charge in [0.25, 0.3) is 0 Å². The van der Waals surface area contributed by atoms with Crippen LogP contribution in [0.3, 0.4) is 0 Å². The van der Waals surface area contributed by atoms with Crippen LogP contribution in [0.25, 0.3) is 0 Å². The second-order valence-electron chi connectivity index (χ2n) is 32.1. The molecule has 0 aromatic heterocycles. The minimum atomic E-state index is -1.41. The summed E-state index contributed by atoms with van der Waals surface area (Å²) in [5.41, 5.74) is 37.2. The van der Waals surface area contributed by atoms with Crippen molar-refractivity contribution in [2.75, 3.05) is 131 Å². The molecule has 24 N–H and O–H groups in total. The number of guanidine groups is 2. The van der Waals surface area contributed by atoms with Crippen LogP contribution in [0.15, 0.2) is 64.6 Å². The number of ether oxygens (including phenoxy) is 9. The number of nitrogens with zero attached hydrogens (tertiary/aromatic N) is 2. The van der Waals surface area contributed by atoms with Gasteiger partial charge in [0.05, 0.1) is 110 Å². The van der Waals surface area contributed by atoms with E-state index in [0.717, 1.165) is 0 Å². The van der Waals surface area contributed by atoms with Gasteiger partial charge in [0.1, 0.15) is 71.3 Å². The van der Waals surface area contributed by atoms with Gasteiger partial charge in [-0.2, -0.15) is 5.48 Å². The molecule has 1 spiro atoms. The number of aliphatic imine (C=N–C) groups is 2. The Morgan fingerprint density at radius 3 is 1.26 bits per heavy atom. The van der Waals surface area contributed by atoms with Gasteiger partial charge >= 0.3 is 5.97 Å². The molecule has 0 fully saturated rings. The van der Waals surface area contributed by atoms with Crippen molar-refractivity contribution in [2.24, 2.45) is 74.0 Å². The Morgan fingerprint density at radius 2 is 0.831 bits per heavy atom. The summed E-state index contributed by atoms with van der Waals surface area (Å²) in [5, 5.41) is 46.4. The fraction of sp³-hybridized carbons (Fsp3) is 0.643. The number of benzene rings is 3. The molecule has 5 rings (SSSR count). The molecule has 694 valence electrons. The topological polar surface area (TPSA) is 588 Å². The van der Waals surface area contributed by atoms with Gasteiger partial charge in [-0.15, -0.1) is 0 Å². The molecule has 2 heterocycles. The van der Waals surface area contributed by atoms with Crippen LogP contribution < -0.4 is 92.5 Å². The summed E-state index contributed by atoms with van der Waals surface area (Å²) in [6, 6.07) is 5.12. The van der Waals surface area contributed by atoms with Crippen LogP contribution in [0.4, 0.5) is 5.69 Å². The molecule has 2 aliphatic heterocycles. The highest BCUT2D eigenvalue weighted by Crippen LogP contribution is 2.58. The van der Waals surface area contributed by atoms with E-state index in [4.69, 9.17) is 94.1 Å². The predicted octanol–water partition coefficient (Wildman–Crippen LogP) is 1.91. The van der Waals surface area contributed by atoms with E-state index in [1.165, 1.54) is 24.3 Å². The Kier molecular flexibility index (Phi) is 47.4. The number of carbonyl (C=O) groups is 9. The summed E-state index contributed by atoms with van der Waals surface area (Å²) in [7, 11) is 0. The highest BCUT2D eigenvalue weighted by atomic mass is 32.1. The van der Waals surface area contributed by atoms with Crippen LogP contribution >= 0.6 is 12.2 Å². The molecule has 2 aliphatic rings. The molecule has 3 aromatic carbocycles. The SMILES string of the molecule is CC(C)C[C@H](NOCCOCCOCCOCCOCCOCCOCCOCCNC(=S)Nc1cccc2c1C(=O)OC21c2ccc(O)cc2Oc2cc(O)ccc21)C(=O)N[C@@H](CC(C)C)C(=O)N[C@@H](CC(C)C)C(=O)N[C@@H](CC(C)C)C(=O)N[C@@H](CCCN=C(N)N)C(=O)N[C@H](C(=O)N[C@@H](CCCCN)C(=O)N[C@@H](CCCN=C(N)N)C(N)=O)C(C)C. The third-order valence-electron chi connectivity index (χ3n) is 19.4. The maximum Gasteiger partial charge on any atom is 0.342 e. The van der Waals surface area contributed by atoms with Crippen LogP contribution in [0.5, 0.6) is 23.0 Å². The van der Waals surface area contributed by atoms with Gasteiger partial charge in [-0.25, -0.2) is 4.79 Å². The minimum Gasteiger partial charge on any atom is -0.508 e. The number of anilines is 1. The van der Waals surface area contributed by atoms with E-state index >= 15 is 0 Å². The Balaban J connectivity index is 0.971. The van der Waals surface area contributed by atoms with Crippen LogP contribution in [-0.4, -0.2) is 254 Å². The zero-order valence-electron chi connectivity index (χ0n) is 73.3. The zero-order valence-corrected chi connectivity index (χ0v) is 74.1. The summed E-state index contributed by atoms with van der Waals surface area (Å²) >= 11 is 5.56. The van der Waals surface area contributed by atoms with Crippen molar-refractivity contribution in [2.45, 2.75) is 194 Å². The number of nitrogens with one attached hydrogen (secondary N) is 10. The second kappa shape index (κ2) is 56.2. The average molecular weight is 1770 g/mol. The number of esters is 1. The minimum absolute atomic E-state index is 0.0230. The predicted molar refractivity (Wildman–Crippen MR) is 469 cm³/mol. The monoisotopic (exact) mass is 1760 g/mol. The highest BCUT2D eigenvalue weighted by Gasteiger charge is 2.55. The molecule has 0 radical (unpaired) electrons. The Labute approximate surface area is 731 Å². The van der Waals surface area contributed by atoms with Crippen molar-refractivity contribution in [3.63, 3.8) is 0 Å². The number of amides is 8. The molecule has 0 bridgehead atoms. The van der Waals surface area contributed by atoms with E-state index < -0.39 is 113 Å². The fourth-order valence-corrected chi connectivity index (χ4v) is 13.7. The Morgan fingerprint density at radius 1 is 0.452 bits per heavy atom. The number of hydroxylamine groups is 1. The third-order valence-corrected chi connectivity index (χ3v) is 19.7. The van der Waals surface area contributed by atoms with Crippen molar-refractivity contribution >= 4 is 88.2 Å². The maximum absolute atomic E-state index is 14.6. The number of unbranched alkanes of at least 4 members (excludes halogenated alkanes) is 1. The van der Waals surface area contributed by atoms with E-state index in [9.17, 15) is 53.4 Å². The van der Waals surface area contributed by atoms with Crippen molar-refractivity contribution in [3.05, 3.63) is 76.9 Å². The lowest BCUT2D eigenvalue weighted by Crippen LogP contribution is -2.61. The van der Waals surface area contributed by atoms with Crippen molar-refractivity contribution in [1.82, 2.24) is 48.0 Å². The van der Waals surface area contributed by atoms with Gasteiger partial charge in [-0.3, -0.25) is 53.2 Å². The molecular formula is C84H136N18O21S. The molecule has 0 aliphatic carbocycles. The number of thiocarbonyl (C=S) groups is 1. The molecule has 39 nitrogen and oxygen atoms in total. The molecule has 8 atom stereocenters. The number of nitrogens with two attached hydrogens (primary N) is 6. The molecule has 0 saturated heterocycles. The normalized spacial score (nSPS) is 14.4. The smallest absolute Gasteiger partial charge is 0.342 e. The van der Waals surface area contributed by atoms with Crippen molar-refractivity contribution in [3.8, 4) is 23.0 Å². The number of aromatic hydroxyl groups is 2. The highest BCUT2D eigenvalue weighted by molar-refractivity contribution is 7.80. The fourth-order valence-electron chi connectivity index (χ4n) is 13.5. The van der Waals surface area contributed by atoms with Gasteiger partial charge in [0.2, 0.25) is 47.3 Å². The number of phenolic OH excluding ortho intramolecular Hbond substituents is 2. The van der Waals surface area contributed by atoms with Crippen LogP contribution in [0.2, 0.25) is 0 Å². The number of rotatable bonds is 63.